The Kier molecular flexibility index (Phi) is 6.52. The summed E-state index contributed by atoms with van der Waals surface area (Å²) in [6, 6.07) is 4.46. The first-order valence-electron chi connectivity index (χ1n) is 9.58. The van der Waals surface area contributed by atoms with E-state index in [-0.39, 0.29) is 10.5 Å². The number of carbonyl (C=O) groups is 1. The third-order valence-corrected chi connectivity index (χ3v) is 7.29. The van der Waals surface area contributed by atoms with E-state index < -0.39 is 16.0 Å². The molecule has 2 fully saturated rings. The van der Waals surface area contributed by atoms with Gasteiger partial charge in [-0.25, -0.2) is 13.2 Å². The molecular formula is C19H28N2O5S. The molecule has 0 spiro atoms. The molecule has 2 saturated heterocycles. The van der Waals surface area contributed by atoms with Crippen molar-refractivity contribution in [2.24, 2.45) is 5.92 Å². The van der Waals surface area contributed by atoms with Gasteiger partial charge in [-0.1, -0.05) is 13.0 Å². The largest absolute Gasteiger partial charge is 0.478 e. The van der Waals surface area contributed by atoms with Gasteiger partial charge in [0.1, 0.15) is 0 Å². The molecule has 150 valence electrons. The molecule has 0 radical (unpaired) electrons. The number of hydrogen-bond acceptors (Lipinski definition) is 5. The molecule has 27 heavy (non-hydrogen) atoms. The minimum atomic E-state index is -3.69. The lowest BCUT2D eigenvalue weighted by molar-refractivity contribution is 0.0265. The van der Waals surface area contributed by atoms with Crippen molar-refractivity contribution in [2.75, 3.05) is 45.9 Å². The van der Waals surface area contributed by atoms with Crippen LogP contribution in [0.25, 0.3) is 0 Å². The molecule has 2 aliphatic rings. The van der Waals surface area contributed by atoms with E-state index in [1.807, 2.05) is 6.92 Å². The smallest absolute Gasteiger partial charge is 0.336 e. The number of sulfonamides is 1. The molecule has 0 bridgehead atoms. The number of piperidine rings is 1. The van der Waals surface area contributed by atoms with E-state index in [1.165, 1.54) is 16.4 Å². The summed E-state index contributed by atoms with van der Waals surface area (Å²) in [6.45, 7) is 6.96. The third kappa shape index (κ3) is 4.68. The van der Waals surface area contributed by atoms with Crippen molar-refractivity contribution in [3.8, 4) is 0 Å². The van der Waals surface area contributed by atoms with Crippen LogP contribution >= 0.6 is 0 Å². The van der Waals surface area contributed by atoms with Crippen LogP contribution in [0.2, 0.25) is 0 Å². The summed E-state index contributed by atoms with van der Waals surface area (Å²) in [4.78, 5) is 13.9. The van der Waals surface area contributed by atoms with Crippen LogP contribution in [0.15, 0.2) is 23.1 Å². The Bertz CT molecular complexity index is 774. The average Bonchev–Trinajstić information content (AvgIpc) is 2.68. The van der Waals surface area contributed by atoms with Crippen LogP contribution in [0, 0.1) is 5.92 Å². The van der Waals surface area contributed by atoms with E-state index >= 15 is 0 Å². The van der Waals surface area contributed by atoms with Gasteiger partial charge in [-0.2, -0.15) is 4.31 Å². The van der Waals surface area contributed by atoms with Gasteiger partial charge in [-0.15, -0.1) is 0 Å². The number of nitrogens with zero attached hydrogens (tertiary/aromatic N) is 2. The lowest BCUT2D eigenvalue weighted by Crippen LogP contribution is -2.46. The normalized spacial score (nSPS) is 22.6. The first kappa shape index (κ1) is 20.3. The number of hydrogen-bond donors (Lipinski definition) is 1. The topological polar surface area (TPSA) is 87.2 Å². The van der Waals surface area contributed by atoms with Crippen LogP contribution in [0.1, 0.15) is 35.7 Å². The second kappa shape index (κ2) is 8.68. The lowest BCUT2D eigenvalue weighted by atomic mass is 9.99. The van der Waals surface area contributed by atoms with E-state index in [0.29, 0.717) is 31.0 Å². The average molecular weight is 397 g/mol. The summed E-state index contributed by atoms with van der Waals surface area (Å²) in [6.07, 6.45) is 2.39. The quantitative estimate of drug-likeness (QED) is 0.787. The molecule has 0 amide bonds. The molecule has 2 aliphatic heterocycles. The van der Waals surface area contributed by atoms with Gasteiger partial charge in [0.05, 0.1) is 23.7 Å². The van der Waals surface area contributed by atoms with Gasteiger partial charge in [0, 0.05) is 32.7 Å². The van der Waals surface area contributed by atoms with Crippen molar-refractivity contribution in [3.05, 3.63) is 29.3 Å². The summed E-state index contributed by atoms with van der Waals surface area (Å²) < 4.78 is 33.1. The SMILES string of the molecule is CCc1ccc(S(=O)(=O)N2CCC[C@H](CN3CCOCC3)C2)cc1C(=O)O. The van der Waals surface area contributed by atoms with Crippen molar-refractivity contribution < 1.29 is 23.1 Å². The molecule has 1 N–H and O–H groups in total. The minimum Gasteiger partial charge on any atom is -0.478 e. The van der Waals surface area contributed by atoms with E-state index in [9.17, 15) is 18.3 Å². The molecule has 0 aromatic heterocycles. The summed E-state index contributed by atoms with van der Waals surface area (Å²) in [5.41, 5.74) is 0.714. The fourth-order valence-electron chi connectivity index (χ4n) is 3.92. The molecule has 1 aromatic carbocycles. The summed E-state index contributed by atoms with van der Waals surface area (Å²) in [5, 5.41) is 9.40. The maximum atomic E-state index is 13.1. The lowest BCUT2D eigenvalue weighted by Gasteiger charge is -2.36. The predicted molar refractivity (Wildman–Crippen MR) is 102 cm³/mol. The molecule has 3 rings (SSSR count). The number of carboxylic acids is 1. The number of carboxylic acid groups (broad SMARTS) is 1. The molecular weight excluding hydrogens is 368 g/mol. The molecule has 1 atom stereocenters. The molecule has 7 nitrogen and oxygen atoms in total. The summed E-state index contributed by atoms with van der Waals surface area (Å²) in [5.74, 6) is -0.798. The highest BCUT2D eigenvalue weighted by Crippen LogP contribution is 2.26. The van der Waals surface area contributed by atoms with Gasteiger partial charge in [-0.05, 0) is 42.9 Å². The maximum absolute atomic E-state index is 13.1. The summed E-state index contributed by atoms with van der Waals surface area (Å²) in [7, 11) is -3.69. The molecule has 0 saturated carbocycles. The van der Waals surface area contributed by atoms with Gasteiger partial charge in [0.15, 0.2) is 0 Å². The Morgan fingerprint density at radius 1 is 1.26 bits per heavy atom. The zero-order valence-electron chi connectivity index (χ0n) is 15.8. The first-order chi connectivity index (χ1) is 12.9. The Morgan fingerprint density at radius 3 is 2.67 bits per heavy atom. The monoisotopic (exact) mass is 396 g/mol. The summed E-state index contributed by atoms with van der Waals surface area (Å²) >= 11 is 0. The zero-order valence-corrected chi connectivity index (χ0v) is 16.6. The van der Waals surface area contributed by atoms with Crippen molar-refractivity contribution in [1.82, 2.24) is 9.21 Å². The van der Waals surface area contributed by atoms with Gasteiger partial charge < -0.3 is 9.84 Å². The molecule has 2 heterocycles. The van der Waals surface area contributed by atoms with E-state index in [1.54, 1.807) is 6.07 Å². The number of morpholine rings is 1. The Labute approximate surface area is 161 Å². The Morgan fingerprint density at radius 2 is 2.00 bits per heavy atom. The molecule has 0 unspecified atom stereocenters. The highest BCUT2D eigenvalue weighted by Gasteiger charge is 2.32. The zero-order chi connectivity index (χ0) is 19.4. The number of ether oxygens (including phenoxy) is 1. The Hall–Kier alpha value is -1.48. The first-order valence-corrected chi connectivity index (χ1v) is 11.0. The predicted octanol–water partition coefficient (Wildman–Crippen LogP) is 1.68. The van der Waals surface area contributed by atoms with Crippen LogP contribution in [0.5, 0.6) is 0 Å². The van der Waals surface area contributed by atoms with Crippen LogP contribution in [0.3, 0.4) is 0 Å². The fraction of sp³-hybridized carbons (Fsp3) is 0.632. The van der Waals surface area contributed by atoms with Crippen LogP contribution in [-0.4, -0.2) is 74.6 Å². The second-order valence-corrected chi connectivity index (χ2v) is 9.20. The maximum Gasteiger partial charge on any atom is 0.336 e. The van der Waals surface area contributed by atoms with Gasteiger partial charge >= 0.3 is 5.97 Å². The van der Waals surface area contributed by atoms with E-state index in [0.717, 1.165) is 45.7 Å². The van der Waals surface area contributed by atoms with E-state index in [2.05, 4.69) is 4.90 Å². The number of rotatable bonds is 6. The molecule has 1 aromatic rings. The van der Waals surface area contributed by atoms with E-state index in [4.69, 9.17) is 4.74 Å². The van der Waals surface area contributed by atoms with Crippen LogP contribution in [-0.2, 0) is 21.2 Å². The highest BCUT2D eigenvalue weighted by atomic mass is 32.2. The van der Waals surface area contributed by atoms with Crippen molar-refractivity contribution >= 4 is 16.0 Å². The van der Waals surface area contributed by atoms with Crippen molar-refractivity contribution in [2.45, 2.75) is 31.1 Å². The highest BCUT2D eigenvalue weighted by molar-refractivity contribution is 7.89. The van der Waals surface area contributed by atoms with Crippen molar-refractivity contribution in [1.29, 1.82) is 0 Å². The van der Waals surface area contributed by atoms with Gasteiger partial charge in [0.25, 0.3) is 0 Å². The second-order valence-electron chi connectivity index (χ2n) is 7.26. The molecule has 0 aliphatic carbocycles. The Balaban J connectivity index is 1.75. The van der Waals surface area contributed by atoms with Crippen molar-refractivity contribution in [3.63, 3.8) is 0 Å². The third-order valence-electron chi connectivity index (χ3n) is 5.43. The number of aryl methyl sites for hydroxylation is 1. The van der Waals surface area contributed by atoms with Crippen LogP contribution < -0.4 is 0 Å². The molecule has 8 heteroatoms. The number of benzene rings is 1. The number of aromatic carboxylic acids is 1. The van der Waals surface area contributed by atoms with Crippen LogP contribution in [0.4, 0.5) is 0 Å². The fourth-order valence-corrected chi connectivity index (χ4v) is 5.50. The van der Waals surface area contributed by atoms with Gasteiger partial charge in [0.2, 0.25) is 10.0 Å². The standard InChI is InChI=1S/C19H28N2O5S/c1-2-16-5-6-17(12-18(16)19(22)23)27(24,25)21-7-3-4-15(14-21)13-20-8-10-26-11-9-20/h5-6,12,15H,2-4,7-11,13-14H2,1H3,(H,22,23)/t15-/m1/s1. The minimum absolute atomic E-state index is 0.0699. The van der Waals surface area contributed by atoms with Gasteiger partial charge in [-0.3, -0.25) is 4.90 Å².